The van der Waals surface area contributed by atoms with E-state index in [0.29, 0.717) is 11.5 Å². The highest BCUT2D eigenvalue weighted by molar-refractivity contribution is 5.93. The van der Waals surface area contributed by atoms with Crippen LogP contribution in [0.5, 0.6) is 0 Å². The first-order valence-electron chi connectivity index (χ1n) is 8.56. The molecule has 0 unspecified atom stereocenters. The van der Waals surface area contributed by atoms with Gasteiger partial charge in [-0.05, 0) is 30.9 Å². The summed E-state index contributed by atoms with van der Waals surface area (Å²) in [7, 11) is 0. The van der Waals surface area contributed by atoms with Crippen molar-refractivity contribution in [3.8, 4) is 11.3 Å². The van der Waals surface area contributed by atoms with Gasteiger partial charge in [0, 0.05) is 30.6 Å². The first kappa shape index (κ1) is 15.6. The molecule has 25 heavy (non-hydrogen) atoms. The van der Waals surface area contributed by atoms with Crippen molar-refractivity contribution in [2.24, 2.45) is 0 Å². The Bertz CT molecular complexity index is 846. The van der Waals surface area contributed by atoms with E-state index in [0.717, 1.165) is 36.9 Å². The Labute approximate surface area is 146 Å². The zero-order chi connectivity index (χ0) is 17.1. The highest BCUT2D eigenvalue weighted by Gasteiger charge is 2.30. The quantitative estimate of drug-likeness (QED) is 0.724. The molecule has 4 rings (SSSR count). The normalized spacial score (nSPS) is 17.4. The van der Waals surface area contributed by atoms with E-state index < -0.39 is 0 Å². The van der Waals surface area contributed by atoms with Crippen molar-refractivity contribution in [3.05, 3.63) is 72.2 Å². The fraction of sp³-hybridized carbons (Fsp3) is 0.250. The van der Waals surface area contributed by atoms with Crippen LogP contribution in [0.3, 0.4) is 0 Å². The van der Waals surface area contributed by atoms with Crippen LogP contribution in [0.15, 0.2) is 65.4 Å². The predicted molar refractivity (Wildman–Crippen MR) is 93.8 cm³/mol. The van der Waals surface area contributed by atoms with Crippen LogP contribution >= 0.6 is 0 Å². The van der Waals surface area contributed by atoms with Gasteiger partial charge >= 0.3 is 0 Å². The smallest absolute Gasteiger partial charge is 0.276 e. The van der Waals surface area contributed by atoms with Gasteiger partial charge in [-0.1, -0.05) is 41.6 Å². The number of likely N-dealkylation sites (tertiary alicyclic amines) is 1. The van der Waals surface area contributed by atoms with E-state index in [2.05, 4.69) is 10.1 Å². The molecule has 1 aromatic carbocycles. The van der Waals surface area contributed by atoms with Crippen LogP contribution in [0.2, 0.25) is 0 Å². The van der Waals surface area contributed by atoms with Gasteiger partial charge in [-0.25, -0.2) is 0 Å². The zero-order valence-corrected chi connectivity index (χ0v) is 13.8. The van der Waals surface area contributed by atoms with Crippen LogP contribution in [0.1, 0.15) is 41.4 Å². The molecule has 5 nitrogen and oxygen atoms in total. The number of carbonyl (C=O) groups excluding carboxylic acids is 1. The van der Waals surface area contributed by atoms with Crippen LogP contribution in [0.4, 0.5) is 0 Å². The van der Waals surface area contributed by atoms with Crippen LogP contribution in [-0.2, 0) is 0 Å². The second-order valence-electron chi connectivity index (χ2n) is 6.24. The maximum absolute atomic E-state index is 13.0. The maximum atomic E-state index is 13.0. The number of hydrogen-bond acceptors (Lipinski definition) is 4. The highest BCUT2D eigenvalue weighted by Crippen LogP contribution is 2.32. The van der Waals surface area contributed by atoms with Crippen LogP contribution in [-0.4, -0.2) is 27.5 Å². The summed E-state index contributed by atoms with van der Waals surface area (Å²) in [6.45, 7) is 0.728. The van der Waals surface area contributed by atoms with Crippen molar-refractivity contribution < 1.29 is 9.32 Å². The Morgan fingerprint density at radius 1 is 1.12 bits per heavy atom. The van der Waals surface area contributed by atoms with Gasteiger partial charge in [-0.15, -0.1) is 0 Å². The van der Waals surface area contributed by atoms with Crippen molar-refractivity contribution in [1.29, 1.82) is 0 Å². The average Bonchev–Trinajstić information content (AvgIpc) is 3.19. The molecule has 0 bridgehead atoms. The number of aromatic nitrogens is 2. The summed E-state index contributed by atoms with van der Waals surface area (Å²) in [4.78, 5) is 19.1. The predicted octanol–water partition coefficient (Wildman–Crippen LogP) is 4.10. The van der Waals surface area contributed by atoms with Crippen LogP contribution in [0, 0.1) is 0 Å². The van der Waals surface area contributed by atoms with Crippen LogP contribution in [0.25, 0.3) is 11.3 Å². The topological polar surface area (TPSA) is 59.2 Å². The molecule has 0 aliphatic carbocycles. The first-order valence-corrected chi connectivity index (χ1v) is 8.56. The largest absolute Gasteiger partial charge is 0.355 e. The Morgan fingerprint density at radius 2 is 2.00 bits per heavy atom. The standard InChI is InChI=1S/C20H19N3O2/c24-20(17-13-19(25-22-17)15-7-2-1-3-8-15)23-12-5-4-10-18(23)16-9-6-11-21-14-16/h1-3,6-9,11,13-14,18H,4-5,10,12H2/t18-/m1/s1. The van der Waals surface area contributed by atoms with E-state index in [1.165, 1.54) is 0 Å². The molecule has 0 spiro atoms. The van der Waals surface area contributed by atoms with Crippen molar-refractivity contribution in [2.45, 2.75) is 25.3 Å². The SMILES string of the molecule is O=C(c1cc(-c2ccccc2)on1)N1CCCC[C@@H]1c1cccnc1. The van der Waals surface area contributed by atoms with E-state index in [-0.39, 0.29) is 11.9 Å². The third-order valence-electron chi connectivity index (χ3n) is 4.62. The molecule has 1 saturated heterocycles. The Morgan fingerprint density at radius 3 is 2.80 bits per heavy atom. The lowest BCUT2D eigenvalue weighted by Gasteiger charge is -2.35. The number of amides is 1. The van der Waals surface area contributed by atoms with E-state index in [1.807, 2.05) is 53.6 Å². The number of nitrogens with zero attached hydrogens (tertiary/aromatic N) is 3. The molecule has 0 radical (unpaired) electrons. The summed E-state index contributed by atoms with van der Waals surface area (Å²) in [5.41, 5.74) is 2.34. The van der Waals surface area contributed by atoms with Gasteiger partial charge in [-0.2, -0.15) is 0 Å². The highest BCUT2D eigenvalue weighted by atomic mass is 16.5. The molecule has 0 saturated carbocycles. The number of rotatable bonds is 3. The number of carbonyl (C=O) groups is 1. The van der Waals surface area contributed by atoms with Crippen molar-refractivity contribution in [2.75, 3.05) is 6.54 Å². The summed E-state index contributed by atoms with van der Waals surface area (Å²) in [6.07, 6.45) is 6.65. The average molecular weight is 333 g/mol. The molecule has 1 aliphatic heterocycles. The fourth-order valence-corrected chi connectivity index (χ4v) is 3.36. The summed E-state index contributed by atoms with van der Waals surface area (Å²) in [6, 6.07) is 15.4. The monoisotopic (exact) mass is 333 g/mol. The lowest BCUT2D eigenvalue weighted by molar-refractivity contribution is 0.0600. The fourth-order valence-electron chi connectivity index (χ4n) is 3.36. The molecule has 1 amide bonds. The second-order valence-corrected chi connectivity index (χ2v) is 6.24. The lowest BCUT2D eigenvalue weighted by Crippen LogP contribution is -2.38. The van der Waals surface area contributed by atoms with Gasteiger partial charge in [0.2, 0.25) is 0 Å². The molecular weight excluding hydrogens is 314 g/mol. The molecule has 126 valence electrons. The summed E-state index contributed by atoms with van der Waals surface area (Å²) >= 11 is 0. The Kier molecular flexibility index (Phi) is 4.29. The van der Waals surface area contributed by atoms with E-state index in [4.69, 9.17) is 4.52 Å². The molecule has 0 N–H and O–H groups in total. The molecule has 5 heteroatoms. The molecule has 1 atom stereocenters. The Hall–Kier alpha value is -2.95. The zero-order valence-electron chi connectivity index (χ0n) is 13.8. The third kappa shape index (κ3) is 3.18. The van der Waals surface area contributed by atoms with Gasteiger partial charge in [0.25, 0.3) is 5.91 Å². The van der Waals surface area contributed by atoms with Crippen LogP contribution < -0.4 is 0 Å². The molecule has 3 aromatic rings. The molecule has 1 fully saturated rings. The van der Waals surface area contributed by atoms with Gasteiger partial charge < -0.3 is 9.42 Å². The van der Waals surface area contributed by atoms with Gasteiger partial charge in [0.15, 0.2) is 11.5 Å². The van der Waals surface area contributed by atoms with Gasteiger partial charge in [-0.3, -0.25) is 9.78 Å². The summed E-state index contributed by atoms with van der Waals surface area (Å²) < 4.78 is 5.39. The number of piperidine rings is 1. The van der Waals surface area contributed by atoms with Crippen molar-refractivity contribution in [1.82, 2.24) is 15.0 Å². The second kappa shape index (κ2) is 6.89. The minimum Gasteiger partial charge on any atom is -0.355 e. The number of benzene rings is 1. The van der Waals surface area contributed by atoms with E-state index in [9.17, 15) is 4.79 Å². The third-order valence-corrected chi connectivity index (χ3v) is 4.62. The number of pyridine rings is 1. The van der Waals surface area contributed by atoms with E-state index >= 15 is 0 Å². The van der Waals surface area contributed by atoms with E-state index in [1.54, 1.807) is 12.3 Å². The molecule has 2 aromatic heterocycles. The minimum atomic E-state index is -0.0838. The molecule has 3 heterocycles. The summed E-state index contributed by atoms with van der Waals surface area (Å²) in [5.74, 6) is 0.526. The molecule has 1 aliphatic rings. The number of hydrogen-bond donors (Lipinski definition) is 0. The Balaban J connectivity index is 1.60. The summed E-state index contributed by atoms with van der Waals surface area (Å²) in [5, 5.41) is 4.01. The van der Waals surface area contributed by atoms with Crippen molar-refractivity contribution >= 4 is 5.91 Å². The maximum Gasteiger partial charge on any atom is 0.276 e. The first-order chi connectivity index (χ1) is 12.3. The van der Waals surface area contributed by atoms with Gasteiger partial charge in [0.1, 0.15) is 0 Å². The van der Waals surface area contributed by atoms with Crippen molar-refractivity contribution in [3.63, 3.8) is 0 Å². The van der Waals surface area contributed by atoms with Gasteiger partial charge in [0.05, 0.1) is 6.04 Å². The minimum absolute atomic E-state index is 0.0480. The lowest BCUT2D eigenvalue weighted by atomic mass is 9.96. The molecular formula is C20H19N3O2.